The van der Waals surface area contributed by atoms with Crippen LogP contribution in [0.4, 0.5) is 5.69 Å². The Morgan fingerprint density at radius 2 is 2.41 bits per heavy atom. The van der Waals surface area contributed by atoms with Gasteiger partial charge in [-0.1, -0.05) is 6.07 Å². The second kappa shape index (κ2) is 5.42. The molecule has 1 aliphatic rings. The van der Waals surface area contributed by atoms with Crippen LogP contribution in [0.25, 0.3) is 0 Å². The molecule has 1 aliphatic heterocycles. The zero-order valence-corrected chi connectivity index (χ0v) is 10.6. The van der Waals surface area contributed by atoms with E-state index in [9.17, 15) is 4.79 Å². The van der Waals surface area contributed by atoms with Gasteiger partial charge in [-0.3, -0.25) is 4.79 Å². The van der Waals surface area contributed by atoms with Crippen LogP contribution in [0.15, 0.2) is 29.2 Å². The van der Waals surface area contributed by atoms with E-state index in [2.05, 4.69) is 4.31 Å². The molecule has 5 heteroatoms. The third-order valence-electron chi connectivity index (χ3n) is 2.76. The summed E-state index contributed by atoms with van der Waals surface area (Å²) in [7, 11) is 1.43. The van der Waals surface area contributed by atoms with Gasteiger partial charge in [0.2, 0.25) is 0 Å². The maximum absolute atomic E-state index is 11.6. The Bertz CT molecular complexity index is 411. The molecular weight excluding hydrogens is 236 g/mol. The van der Waals surface area contributed by atoms with Crippen molar-refractivity contribution in [3.05, 3.63) is 24.3 Å². The molecule has 17 heavy (non-hydrogen) atoms. The number of carbonyl (C=O) groups is 1. The molecule has 0 aliphatic carbocycles. The standard InChI is InChI=1S/C12H16N2O2S/c1-16-12(15)11-6-3-7-14(11)17-10-5-2-4-9(13)8-10/h2,4-5,8,11H,3,6-7,13H2,1H3. The van der Waals surface area contributed by atoms with E-state index in [1.165, 1.54) is 7.11 Å². The highest BCUT2D eigenvalue weighted by molar-refractivity contribution is 7.97. The van der Waals surface area contributed by atoms with Crippen molar-refractivity contribution in [2.45, 2.75) is 23.8 Å². The summed E-state index contributed by atoms with van der Waals surface area (Å²) in [6.45, 7) is 0.902. The number of hydrogen-bond acceptors (Lipinski definition) is 5. The molecule has 2 rings (SSSR count). The molecule has 1 aromatic rings. The summed E-state index contributed by atoms with van der Waals surface area (Å²) in [6.07, 6.45) is 1.89. The number of nitrogens with two attached hydrogens (primary N) is 1. The molecule has 92 valence electrons. The SMILES string of the molecule is COC(=O)C1CCCN1Sc1cccc(N)c1. The Labute approximate surface area is 105 Å². The minimum absolute atomic E-state index is 0.133. The average Bonchev–Trinajstić information content (AvgIpc) is 2.76. The van der Waals surface area contributed by atoms with E-state index >= 15 is 0 Å². The van der Waals surface area contributed by atoms with E-state index in [0.717, 1.165) is 30.0 Å². The summed E-state index contributed by atoms with van der Waals surface area (Å²) in [4.78, 5) is 12.6. The molecule has 0 spiro atoms. The number of rotatable bonds is 3. The topological polar surface area (TPSA) is 55.6 Å². The summed E-state index contributed by atoms with van der Waals surface area (Å²) < 4.78 is 6.88. The number of esters is 1. The number of nitrogen functional groups attached to an aromatic ring is 1. The van der Waals surface area contributed by atoms with Crippen LogP contribution in [0.3, 0.4) is 0 Å². The quantitative estimate of drug-likeness (QED) is 0.506. The van der Waals surface area contributed by atoms with Crippen LogP contribution in [0.1, 0.15) is 12.8 Å². The number of benzene rings is 1. The molecule has 1 heterocycles. The van der Waals surface area contributed by atoms with Crippen molar-refractivity contribution in [2.75, 3.05) is 19.4 Å². The minimum atomic E-state index is -0.154. The first kappa shape index (κ1) is 12.3. The van der Waals surface area contributed by atoms with Crippen molar-refractivity contribution in [2.24, 2.45) is 0 Å². The van der Waals surface area contributed by atoms with Gasteiger partial charge in [0.1, 0.15) is 6.04 Å². The van der Waals surface area contributed by atoms with Gasteiger partial charge < -0.3 is 10.5 Å². The van der Waals surface area contributed by atoms with E-state index in [1.54, 1.807) is 11.9 Å². The van der Waals surface area contributed by atoms with E-state index in [0.29, 0.717) is 0 Å². The van der Waals surface area contributed by atoms with E-state index in [1.807, 2.05) is 24.3 Å². The normalized spacial score (nSPS) is 20.4. The first-order valence-electron chi connectivity index (χ1n) is 5.58. The Hall–Kier alpha value is -1.20. The molecule has 1 saturated heterocycles. The zero-order chi connectivity index (χ0) is 12.3. The largest absolute Gasteiger partial charge is 0.468 e. The van der Waals surface area contributed by atoms with E-state index in [4.69, 9.17) is 10.5 Å². The number of hydrogen-bond donors (Lipinski definition) is 1. The fourth-order valence-corrected chi connectivity index (χ4v) is 3.07. The maximum Gasteiger partial charge on any atom is 0.323 e. The van der Waals surface area contributed by atoms with Gasteiger partial charge in [-0.05, 0) is 43.0 Å². The maximum atomic E-state index is 11.6. The van der Waals surface area contributed by atoms with Crippen LogP contribution in [0.5, 0.6) is 0 Å². The Kier molecular flexibility index (Phi) is 3.91. The molecule has 1 fully saturated rings. The van der Waals surface area contributed by atoms with Crippen LogP contribution in [0.2, 0.25) is 0 Å². The average molecular weight is 252 g/mol. The lowest BCUT2D eigenvalue weighted by Crippen LogP contribution is -2.31. The molecule has 0 radical (unpaired) electrons. The summed E-state index contributed by atoms with van der Waals surface area (Å²) in [5.74, 6) is -0.154. The van der Waals surface area contributed by atoms with Crippen molar-refractivity contribution in [3.63, 3.8) is 0 Å². The van der Waals surface area contributed by atoms with Crippen molar-refractivity contribution >= 4 is 23.6 Å². The molecular formula is C12H16N2O2S. The van der Waals surface area contributed by atoms with Crippen molar-refractivity contribution in [3.8, 4) is 0 Å². The third-order valence-corrected chi connectivity index (χ3v) is 3.89. The summed E-state index contributed by atoms with van der Waals surface area (Å²) in [5, 5.41) is 0. The van der Waals surface area contributed by atoms with Crippen molar-refractivity contribution in [1.82, 2.24) is 4.31 Å². The lowest BCUT2D eigenvalue weighted by molar-refractivity contribution is -0.144. The highest BCUT2D eigenvalue weighted by Crippen LogP contribution is 2.32. The number of carbonyl (C=O) groups excluding carboxylic acids is 1. The summed E-state index contributed by atoms with van der Waals surface area (Å²) in [6, 6.07) is 7.55. The second-order valence-corrected chi connectivity index (χ2v) is 5.11. The number of nitrogens with zero attached hydrogens (tertiary/aromatic N) is 1. The van der Waals surface area contributed by atoms with Crippen LogP contribution >= 0.6 is 11.9 Å². The fraction of sp³-hybridized carbons (Fsp3) is 0.417. The smallest absolute Gasteiger partial charge is 0.323 e. The molecule has 0 bridgehead atoms. The third kappa shape index (κ3) is 2.92. The van der Waals surface area contributed by atoms with Gasteiger partial charge in [0.25, 0.3) is 0 Å². The highest BCUT2D eigenvalue weighted by Gasteiger charge is 2.32. The van der Waals surface area contributed by atoms with Crippen molar-refractivity contribution in [1.29, 1.82) is 0 Å². The van der Waals surface area contributed by atoms with Gasteiger partial charge in [-0.25, -0.2) is 4.31 Å². The summed E-state index contributed by atoms with van der Waals surface area (Å²) in [5.41, 5.74) is 6.47. The minimum Gasteiger partial charge on any atom is -0.468 e. The van der Waals surface area contributed by atoms with E-state index < -0.39 is 0 Å². The van der Waals surface area contributed by atoms with Gasteiger partial charge in [0.05, 0.1) is 7.11 Å². The van der Waals surface area contributed by atoms with Gasteiger partial charge in [-0.15, -0.1) is 0 Å². The number of methoxy groups -OCH3 is 1. The molecule has 2 N–H and O–H groups in total. The zero-order valence-electron chi connectivity index (χ0n) is 9.76. The monoisotopic (exact) mass is 252 g/mol. The Morgan fingerprint density at radius 1 is 1.59 bits per heavy atom. The van der Waals surface area contributed by atoms with E-state index in [-0.39, 0.29) is 12.0 Å². The van der Waals surface area contributed by atoms with Crippen LogP contribution < -0.4 is 5.73 Å². The van der Waals surface area contributed by atoms with Crippen LogP contribution in [-0.2, 0) is 9.53 Å². The van der Waals surface area contributed by atoms with Gasteiger partial charge in [0.15, 0.2) is 0 Å². The van der Waals surface area contributed by atoms with Crippen LogP contribution in [-0.4, -0.2) is 30.0 Å². The number of ether oxygens (including phenoxy) is 1. The van der Waals surface area contributed by atoms with Gasteiger partial charge in [0, 0.05) is 17.1 Å². The first-order chi connectivity index (χ1) is 8.20. The van der Waals surface area contributed by atoms with Crippen molar-refractivity contribution < 1.29 is 9.53 Å². The summed E-state index contributed by atoms with van der Waals surface area (Å²) >= 11 is 1.57. The predicted octanol–water partition coefficient (Wildman–Crippen LogP) is 1.91. The van der Waals surface area contributed by atoms with Gasteiger partial charge in [-0.2, -0.15) is 0 Å². The first-order valence-corrected chi connectivity index (χ1v) is 6.36. The lowest BCUT2D eigenvalue weighted by atomic mass is 10.2. The predicted molar refractivity (Wildman–Crippen MR) is 68.5 cm³/mol. The Morgan fingerprint density at radius 3 is 3.12 bits per heavy atom. The molecule has 0 aromatic heterocycles. The number of anilines is 1. The molecule has 0 saturated carbocycles. The van der Waals surface area contributed by atoms with Gasteiger partial charge >= 0.3 is 5.97 Å². The molecule has 1 aromatic carbocycles. The molecule has 1 unspecified atom stereocenters. The highest BCUT2D eigenvalue weighted by atomic mass is 32.2. The molecule has 4 nitrogen and oxygen atoms in total. The molecule has 0 amide bonds. The second-order valence-electron chi connectivity index (χ2n) is 3.99. The van der Waals surface area contributed by atoms with Crippen LogP contribution in [0, 0.1) is 0 Å². The Balaban J connectivity index is 2.05. The fourth-order valence-electron chi connectivity index (χ4n) is 1.93. The molecule has 1 atom stereocenters. The lowest BCUT2D eigenvalue weighted by Gasteiger charge is -2.20.